The van der Waals surface area contributed by atoms with Crippen LogP contribution in [0, 0.1) is 0 Å². The summed E-state index contributed by atoms with van der Waals surface area (Å²) in [4.78, 5) is 0. The minimum absolute atomic E-state index is 0.687. The summed E-state index contributed by atoms with van der Waals surface area (Å²) >= 11 is 10.9. The lowest BCUT2D eigenvalue weighted by molar-refractivity contribution is 0.482. The molecule has 0 amide bonds. The van der Waals surface area contributed by atoms with Crippen molar-refractivity contribution in [2.45, 2.75) is 0 Å². The van der Waals surface area contributed by atoms with Crippen LogP contribution in [0.5, 0.6) is 5.75 Å². The van der Waals surface area contributed by atoms with Crippen molar-refractivity contribution in [3.63, 3.8) is 0 Å². The van der Waals surface area contributed by atoms with Crippen molar-refractivity contribution in [2.75, 3.05) is 0 Å². The van der Waals surface area contributed by atoms with Crippen molar-refractivity contribution in [1.82, 2.24) is 0 Å². The molecule has 0 spiro atoms. The molecule has 0 aromatic heterocycles. The number of rotatable bonds is 2. The first-order valence-corrected chi connectivity index (χ1v) is 3.82. The summed E-state index contributed by atoms with van der Waals surface area (Å²) in [7, 11) is 0. The van der Waals surface area contributed by atoms with Crippen LogP contribution in [0.25, 0.3) is 0 Å². The van der Waals surface area contributed by atoms with Gasteiger partial charge in [-0.15, -0.1) is 0 Å². The van der Waals surface area contributed by atoms with Crippen molar-refractivity contribution in [3.8, 4) is 5.75 Å². The van der Waals surface area contributed by atoms with Gasteiger partial charge < -0.3 is 4.74 Å². The summed E-state index contributed by atoms with van der Waals surface area (Å²) in [5, 5.41) is 0.687. The molecule has 3 heteroatoms. The van der Waals surface area contributed by atoms with Gasteiger partial charge in [0.25, 0.3) is 0 Å². The van der Waals surface area contributed by atoms with Crippen LogP contribution in [0.2, 0.25) is 5.02 Å². The van der Waals surface area contributed by atoms with Gasteiger partial charge in [0.2, 0.25) is 0 Å². The van der Waals surface area contributed by atoms with Gasteiger partial charge in [0.05, 0.1) is 0 Å². The second kappa shape index (κ2) is 4.27. The van der Waals surface area contributed by atoms with Crippen LogP contribution in [0.3, 0.4) is 0 Å². The molecule has 11 heavy (non-hydrogen) atoms. The molecule has 0 N–H and O–H groups in total. The van der Waals surface area contributed by atoms with Gasteiger partial charge in [0.1, 0.15) is 12.0 Å². The monoisotopic (exact) mass is 188 g/mol. The van der Waals surface area contributed by atoms with E-state index in [1.54, 1.807) is 24.3 Å². The van der Waals surface area contributed by atoms with E-state index >= 15 is 0 Å². The molecule has 1 nitrogen and oxygen atoms in total. The maximum absolute atomic E-state index is 5.65. The fourth-order valence-corrected chi connectivity index (χ4v) is 0.795. The predicted molar refractivity (Wildman–Crippen MR) is 47.1 cm³/mol. The zero-order valence-corrected chi connectivity index (χ0v) is 7.14. The number of halogens is 2. The average Bonchev–Trinajstić information content (AvgIpc) is 2.04. The molecule has 1 aromatic carbocycles. The third-order valence-electron chi connectivity index (χ3n) is 1.07. The van der Waals surface area contributed by atoms with Crippen molar-refractivity contribution in [3.05, 3.63) is 41.1 Å². The van der Waals surface area contributed by atoms with Crippen molar-refractivity contribution in [1.29, 1.82) is 0 Å². The van der Waals surface area contributed by atoms with Crippen LogP contribution in [-0.4, -0.2) is 0 Å². The standard InChI is InChI=1S/C8H6Cl2O/c9-5-6-11-8-3-1-7(10)2-4-8/h1-6H. The first-order valence-electron chi connectivity index (χ1n) is 3.00. The second-order valence-electron chi connectivity index (χ2n) is 1.83. The molecular formula is C8H6Cl2O. The minimum atomic E-state index is 0.687. The highest BCUT2D eigenvalue weighted by molar-refractivity contribution is 6.30. The van der Waals surface area contributed by atoms with Crippen LogP contribution >= 0.6 is 23.2 Å². The molecule has 0 aliphatic rings. The molecule has 0 atom stereocenters. The van der Waals surface area contributed by atoms with Gasteiger partial charge in [0, 0.05) is 10.6 Å². The third-order valence-corrected chi connectivity index (χ3v) is 1.42. The summed E-state index contributed by atoms with van der Waals surface area (Å²) in [6.07, 6.45) is 1.39. The van der Waals surface area contributed by atoms with E-state index in [1.165, 1.54) is 11.8 Å². The van der Waals surface area contributed by atoms with Crippen molar-refractivity contribution < 1.29 is 4.74 Å². The van der Waals surface area contributed by atoms with E-state index in [-0.39, 0.29) is 0 Å². The molecule has 0 aliphatic carbocycles. The SMILES string of the molecule is ClC=COc1ccc(Cl)cc1. The van der Waals surface area contributed by atoms with Gasteiger partial charge in [-0.3, -0.25) is 0 Å². The number of hydrogen-bond acceptors (Lipinski definition) is 1. The zero-order chi connectivity index (χ0) is 8.10. The maximum atomic E-state index is 5.65. The first kappa shape index (κ1) is 8.44. The summed E-state index contributed by atoms with van der Waals surface area (Å²) in [5.41, 5.74) is 1.30. The lowest BCUT2D eigenvalue weighted by Crippen LogP contribution is -1.78. The van der Waals surface area contributed by atoms with Gasteiger partial charge >= 0.3 is 0 Å². The Hall–Kier alpha value is -0.660. The Labute approximate surface area is 75.2 Å². The van der Waals surface area contributed by atoms with E-state index < -0.39 is 0 Å². The van der Waals surface area contributed by atoms with E-state index in [0.29, 0.717) is 10.8 Å². The molecule has 1 rings (SSSR count). The molecular weight excluding hydrogens is 183 g/mol. The molecule has 0 saturated carbocycles. The Morgan fingerprint density at radius 1 is 1.18 bits per heavy atom. The second-order valence-corrected chi connectivity index (χ2v) is 2.52. The summed E-state index contributed by atoms with van der Waals surface area (Å²) < 4.78 is 5.04. The van der Waals surface area contributed by atoms with E-state index in [2.05, 4.69) is 0 Å². The van der Waals surface area contributed by atoms with Crippen LogP contribution in [0.4, 0.5) is 0 Å². The van der Waals surface area contributed by atoms with Crippen LogP contribution < -0.4 is 4.74 Å². The molecule has 58 valence electrons. The number of hydrogen-bond donors (Lipinski definition) is 0. The molecule has 0 heterocycles. The van der Waals surface area contributed by atoms with Gasteiger partial charge in [-0.05, 0) is 24.3 Å². The van der Waals surface area contributed by atoms with Gasteiger partial charge in [-0.1, -0.05) is 23.2 Å². The van der Waals surface area contributed by atoms with Gasteiger partial charge in [0.15, 0.2) is 0 Å². The number of benzene rings is 1. The fraction of sp³-hybridized carbons (Fsp3) is 0. The summed E-state index contributed by atoms with van der Waals surface area (Å²) in [5.74, 6) is 0.714. The molecule has 0 fully saturated rings. The molecule has 1 aromatic rings. The zero-order valence-electron chi connectivity index (χ0n) is 5.63. The Morgan fingerprint density at radius 2 is 1.82 bits per heavy atom. The van der Waals surface area contributed by atoms with Gasteiger partial charge in [-0.25, -0.2) is 0 Å². The Morgan fingerprint density at radius 3 is 2.36 bits per heavy atom. The number of ether oxygens (including phenoxy) is 1. The van der Waals surface area contributed by atoms with E-state index in [1.807, 2.05) is 0 Å². The summed E-state index contributed by atoms with van der Waals surface area (Å²) in [6.45, 7) is 0. The molecule has 0 radical (unpaired) electrons. The Bertz CT molecular complexity index is 241. The molecule has 0 unspecified atom stereocenters. The smallest absolute Gasteiger partial charge is 0.126 e. The normalized spacial score (nSPS) is 10.4. The van der Waals surface area contributed by atoms with Crippen molar-refractivity contribution in [2.24, 2.45) is 0 Å². The fourth-order valence-electron chi connectivity index (χ4n) is 0.617. The Balaban J connectivity index is 2.66. The van der Waals surface area contributed by atoms with E-state index in [4.69, 9.17) is 27.9 Å². The molecule has 0 aliphatic heterocycles. The highest BCUT2D eigenvalue weighted by Gasteiger charge is 1.89. The quantitative estimate of drug-likeness (QED) is 0.647. The summed E-state index contributed by atoms with van der Waals surface area (Å²) in [6, 6.07) is 7.02. The first-order chi connectivity index (χ1) is 5.33. The maximum Gasteiger partial charge on any atom is 0.126 e. The van der Waals surface area contributed by atoms with Crippen LogP contribution in [0.1, 0.15) is 0 Å². The predicted octanol–water partition coefficient (Wildman–Crippen LogP) is 3.43. The third kappa shape index (κ3) is 2.83. The topological polar surface area (TPSA) is 9.23 Å². The van der Waals surface area contributed by atoms with Crippen molar-refractivity contribution >= 4 is 23.2 Å². The van der Waals surface area contributed by atoms with Gasteiger partial charge in [-0.2, -0.15) is 0 Å². The highest BCUT2D eigenvalue weighted by atomic mass is 35.5. The minimum Gasteiger partial charge on any atom is -0.464 e. The highest BCUT2D eigenvalue weighted by Crippen LogP contribution is 2.15. The largest absolute Gasteiger partial charge is 0.464 e. The molecule has 0 bridgehead atoms. The molecule has 0 saturated heterocycles. The lowest BCUT2D eigenvalue weighted by atomic mass is 10.3. The lowest BCUT2D eigenvalue weighted by Gasteiger charge is -1.97. The average molecular weight is 189 g/mol. The van der Waals surface area contributed by atoms with Crippen LogP contribution in [-0.2, 0) is 0 Å². The van der Waals surface area contributed by atoms with E-state index in [0.717, 1.165) is 0 Å². The Kier molecular flexibility index (Phi) is 3.27. The van der Waals surface area contributed by atoms with Crippen LogP contribution in [0.15, 0.2) is 36.1 Å². The van der Waals surface area contributed by atoms with E-state index in [9.17, 15) is 0 Å².